The molecule has 1 aromatic rings. The van der Waals surface area contributed by atoms with Crippen molar-refractivity contribution in [1.29, 1.82) is 0 Å². The number of ether oxygens (including phenoxy) is 4. The van der Waals surface area contributed by atoms with E-state index in [4.69, 9.17) is 18.9 Å². The number of benzene rings is 1. The molecular formula is C22H24N2O7. The Bertz CT molecular complexity index is 1040. The topological polar surface area (TPSA) is 94.6 Å². The second-order valence-corrected chi connectivity index (χ2v) is 9.26. The van der Waals surface area contributed by atoms with Gasteiger partial charge in [-0.2, -0.15) is 0 Å². The molecule has 164 valence electrons. The third-order valence-corrected chi connectivity index (χ3v) is 6.24. The van der Waals surface area contributed by atoms with Crippen LogP contribution < -0.4 is 14.4 Å². The number of rotatable bonds is 0. The van der Waals surface area contributed by atoms with Gasteiger partial charge >= 0.3 is 12.2 Å². The van der Waals surface area contributed by atoms with Crippen LogP contribution >= 0.6 is 0 Å². The van der Waals surface area contributed by atoms with E-state index < -0.39 is 23.2 Å². The van der Waals surface area contributed by atoms with Crippen LogP contribution in [-0.4, -0.2) is 55.5 Å². The van der Waals surface area contributed by atoms with Crippen molar-refractivity contribution in [2.45, 2.75) is 38.2 Å². The highest BCUT2D eigenvalue weighted by molar-refractivity contribution is 6.03. The van der Waals surface area contributed by atoms with Crippen molar-refractivity contribution in [2.75, 3.05) is 31.9 Å². The van der Waals surface area contributed by atoms with Gasteiger partial charge in [0.2, 0.25) is 6.79 Å². The van der Waals surface area contributed by atoms with Gasteiger partial charge in [-0.1, -0.05) is 0 Å². The van der Waals surface area contributed by atoms with E-state index in [0.29, 0.717) is 29.4 Å². The number of carbonyl (C=O) groups is 3. The molecule has 5 rings (SSSR count). The van der Waals surface area contributed by atoms with Gasteiger partial charge in [0.15, 0.2) is 17.3 Å². The number of anilines is 1. The van der Waals surface area contributed by atoms with Crippen molar-refractivity contribution in [3.8, 4) is 11.5 Å². The van der Waals surface area contributed by atoms with Gasteiger partial charge in [0.25, 0.3) is 0 Å². The lowest BCUT2D eigenvalue weighted by Crippen LogP contribution is -2.44. The standard InChI is InChI=1S/C22H24N2O7/c1-21(2,3)31-19(26)23-9-12-5-13(25)6-18-22(12,10-23)14-7-16-17(30-11-29-16)8-15(14)24(18)20(27)28-4/h6-8,12H,5,9-11H2,1-4H3/t12-,22+/m0/s1. The van der Waals surface area contributed by atoms with Crippen molar-refractivity contribution >= 4 is 23.7 Å². The number of amides is 2. The summed E-state index contributed by atoms with van der Waals surface area (Å²) in [6.07, 6.45) is 0.721. The molecule has 1 aromatic carbocycles. The number of methoxy groups -OCH3 is 1. The lowest BCUT2D eigenvalue weighted by atomic mass is 9.67. The number of fused-ring (bicyclic) bond motifs is 2. The molecule has 3 aliphatic heterocycles. The largest absolute Gasteiger partial charge is 0.454 e. The molecule has 0 unspecified atom stereocenters. The molecule has 9 nitrogen and oxygen atoms in total. The van der Waals surface area contributed by atoms with Crippen molar-refractivity contribution in [3.63, 3.8) is 0 Å². The average molecular weight is 428 g/mol. The summed E-state index contributed by atoms with van der Waals surface area (Å²) in [5.41, 5.74) is 0.527. The fraction of sp³-hybridized carbons (Fsp3) is 0.500. The van der Waals surface area contributed by atoms with Gasteiger partial charge in [-0.3, -0.25) is 4.79 Å². The molecule has 3 heterocycles. The van der Waals surface area contributed by atoms with Crippen molar-refractivity contribution in [1.82, 2.24) is 4.90 Å². The van der Waals surface area contributed by atoms with Gasteiger partial charge in [0.1, 0.15) is 5.60 Å². The first-order chi connectivity index (χ1) is 14.6. The van der Waals surface area contributed by atoms with E-state index in [1.807, 2.05) is 26.8 Å². The molecule has 1 fully saturated rings. The van der Waals surface area contributed by atoms with Crippen molar-refractivity contribution < 1.29 is 33.3 Å². The van der Waals surface area contributed by atoms with Gasteiger partial charge in [-0.15, -0.1) is 0 Å². The van der Waals surface area contributed by atoms with Gasteiger partial charge in [-0.05, 0) is 32.4 Å². The third kappa shape index (κ3) is 2.79. The van der Waals surface area contributed by atoms with Gasteiger partial charge in [0.05, 0.1) is 18.2 Å². The molecule has 0 N–H and O–H groups in total. The quantitative estimate of drug-likeness (QED) is 0.627. The van der Waals surface area contributed by atoms with E-state index >= 15 is 0 Å². The Hall–Kier alpha value is -3.23. The van der Waals surface area contributed by atoms with E-state index in [1.165, 1.54) is 18.1 Å². The van der Waals surface area contributed by atoms with Crippen molar-refractivity contribution in [2.24, 2.45) is 5.92 Å². The minimum atomic E-state index is -0.741. The average Bonchev–Trinajstić information content (AvgIpc) is 3.36. The van der Waals surface area contributed by atoms with E-state index in [9.17, 15) is 14.4 Å². The van der Waals surface area contributed by atoms with Crippen molar-refractivity contribution in [3.05, 3.63) is 29.5 Å². The molecule has 0 radical (unpaired) electrons. The van der Waals surface area contributed by atoms with Gasteiger partial charge in [-0.25, -0.2) is 14.5 Å². The summed E-state index contributed by atoms with van der Waals surface area (Å²) in [7, 11) is 1.30. The Kier molecular flexibility index (Phi) is 4.06. The summed E-state index contributed by atoms with van der Waals surface area (Å²) in [5, 5.41) is 0. The molecule has 1 saturated heterocycles. The Balaban J connectivity index is 1.66. The number of nitrogens with zero attached hydrogens (tertiary/aromatic N) is 2. The monoisotopic (exact) mass is 428 g/mol. The lowest BCUT2D eigenvalue weighted by molar-refractivity contribution is -0.116. The first-order valence-corrected chi connectivity index (χ1v) is 10.2. The summed E-state index contributed by atoms with van der Waals surface area (Å²) in [5.74, 6) is 0.795. The van der Waals surface area contributed by atoms with E-state index in [2.05, 4.69) is 0 Å². The van der Waals surface area contributed by atoms with E-state index in [1.54, 1.807) is 11.0 Å². The highest BCUT2D eigenvalue weighted by Crippen LogP contribution is 2.60. The number of likely N-dealkylation sites (tertiary alicyclic amines) is 1. The molecule has 2 amide bonds. The van der Waals surface area contributed by atoms with Crippen LogP contribution in [0.1, 0.15) is 32.8 Å². The number of hydrogen-bond donors (Lipinski definition) is 0. The second kappa shape index (κ2) is 6.38. The Morgan fingerprint density at radius 2 is 1.87 bits per heavy atom. The van der Waals surface area contributed by atoms with Crippen LogP contribution in [0.25, 0.3) is 0 Å². The highest BCUT2D eigenvalue weighted by Gasteiger charge is 2.62. The summed E-state index contributed by atoms with van der Waals surface area (Å²) < 4.78 is 21.7. The smallest absolute Gasteiger partial charge is 0.418 e. The number of hydrogen-bond acceptors (Lipinski definition) is 7. The SMILES string of the molecule is COC(=O)N1C2=CC(=O)C[C@H]3CN(C(=O)OC(C)(C)C)C[C@@]23c2cc3c(cc21)OCO3. The molecule has 0 aromatic heterocycles. The van der Waals surface area contributed by atoms with Crippen LogP contribution in [0, 0.1) is 5.92 Å². The summed E-state index contributed by atoms with van der Waals surface area (Å²) >= 11 is 0. The Morgan fingerprint density at radius 1 is 1.16 bits per heavy atom. The van der Waals surface area contributed by atoms with Crippen LogP contribution in [0.5, 0.6) is 11.5 Å². The molecule has 31 heavy (non-hydrogen) atoms. The number of carbonyl (C=O) groups excluding carboxylic acids is 3. The summed E-state index contributed by atoms with van der Waals surface area (Å²) in [4.78, 5) is 41.4. The van der Waals surface area contributed by atoms with E-state index in [0.717, 1.165) is 5.56 Å². The third-order valence-electron chi connectivity index (χ3n) is 6.24. The molecular weight excluding hydrogens is 404 g/mol. The van der Waals surface area contributed by atoms with Crippen LogP contribution in [0.3, 0.4) is 0 Å². The maximum atomic E-state index is 12.9. The highest BCUT2D eigenvalue weighted by atomic mass is 16.7. The fourth-order valence-electron chi connectivity index (χ4n) is 5.09. The van der Waals surface area contributed by atoms with Crippen LogP contribution in [0.4, 0.5) is 15.3 Å². The fourth-order valence-corrected chi connectivity index (χ4v) is 5.09. The van der Waals surface area contributed by atoms with Gasteiger partial charge in [0, 0.05) is 43.3 Å². The second-order valence-electron chi connectivity index (χ2n) is 9.26. The minimum absolute atomic E-state index is 0.0941. The summed E-state index contributed by atoms with van der Waals surface area (Å²) in [6.45, 7) is 6.16. The number of allylic oxidation sites excluding steroid dienone is 1. The zero-order valence-electron chi connectivity index (χ0n) is 17.9. The maximum Gasteiger partial charge on any atom is 0.418 e. The summed E-state index contributed by atoms with van der Waals surface area (Å²) in [6, 6.07) is 3.59. The first kappa shape index (κ1) is 19.7. The molecule has 1 spiro atoms. The predicted octanol–water partition coefficient (Wildman–Crippen LogP) is 2.96. The predicted molar refractivity (Wildman–Crippen MR) is 108 cm³/mol. The van der Waals surface area contributed by atoms with Crippen LogP contribution in [0.15, 0.2) is 23.9 Å². The Labute approximate surface area is 179 Å². The van der Waals surface area contributed by atoms with Crippen LogP contribution in [-0.2, 0) is 19.7 Å². The molecule has 1 aliphatic carbocycles. The Morgan fingerprint density at radius 3 is 2.55 bits per heavy atom. The molecule has 0 saturated carbocycles. The maximum absolute atomic E-state index is 12.9. The molecule has 0 bridgehead atoms. The van der Waals surface area contributed by atoms with Gasteiger partial charge < -0.3 is 23.8 Å². The zero-order valence-corrected chi connectivity index (χ0v) is 17.9. The molecule has 9 heteroatoms. The van der Waals surface area contributed by atoms with E-state index in [-0.39, 0.29) is 31.5 Å². The molecule has 2 atom stereocenters. The molecule has 4 aliphatic rings. The minimum Gasteiger partial charge on any atom is -0.454 e. The first-order valence-electron chi connectivity index (χ1n) is 10.2. The number of ketones is 1. The normalized spacial score (nSPS) is 25.6. The van der Waals surface area contributed by atoms with Crippen LogP contribution in [0.2, 0.25) is 0 Å². The lowest BCUT2D eigenvalue weighted by Gasteiger charge is -2.36. The zero-order chi connectivity index (χ0) is 22.1.